The molecule has 1 heterocycles. The molecule has 126 valence electrons. The molecule has 1 saturated heterocycles. The van der Waals surface area contributed by atoms with E-state index in [9.17, 15) is 12.8 Å². The number of methoxy groups -OCH3 is 1. The Kier molecular flexibility index (Phi) is 5.83. The summed E-state index contributed by atoms with van der Waals surface area (Å²) >= 11 is 0. The maximum atomic E-state index is 14.0. The summed E-state index contributed by atoms with van der Waals surface area (Å²) in [4.78, 5) is -0.324. The Morgan fingerprint density at radius 2 is 2.05 bits per heavy atom. The van der Waals surface area contributed by atoms with E-state index in [0.717, 1.165) is 6.07 Å². The van der Waals surface area contributed by atoms with E-state index in [2.05, 4.69) is 0 Å². The summed E-state index contributed by atoms with van der Waals surface area (Å²) in [5, 5.41) is 0. The summed E-state index contributed by atoms with van der Waals surface area (Å²) < 4.78 is 45.5. The third-order valence-electron chi connectivity index (χ3n) is 4.03. The molecule has 1 aliphatic heterocycles. The van der Waals surface area contributed by atoms with Crippen LogP contribution in [0, 0.1) is 11.2 Å². The summed E-state index contributed by atoms with van der Waals surface area (Å²) in [5.74, 6) is -0.519. The van der Waals surface area contributed by atoms with Gasteiger partial charge < -0.3 is 10.5 Å². The van der Waals surface area contributed by atoms with Crippen molar-refractivity contribution in [2.45, 2.75) is 31.2 Å². The maximum absolute atomic E-state index is 14.0. The first-order valence-electron chi connectivity index (χ1n) is 6.78. The van der Waals surface area contributed by atoms with Crippen LogP contribution in [0.25, 0.3) is 0 Å². The van der Waals surface area contributed by atoms with Gasteiger partial charge in [-0.15, -0.1) is 12.4 Å². The first kappa shape index (κ1) is 19.2. The molecule has 1 aromatic carbocycles. The molecule has 0 bridgehead atoms. The zero-order valence-electron chi connectivity index (χ0n) is 12.9. The highest BCUT2D eigenvalue weighted by Crippen LogP contribution is 2.32. The van der Waals surface area contributed by atoms with Crippen LogP contribution in [-0.4, -0.2) is 39.0 Å². The summed E-state index contributed by atoms with van der Waals surface area (Å²) in [7, 11) is -2.46. The van der Waals surface area contributed by atoms with Gasteiger partial charge in [0.2, 0.25) is 10.0 Å². The lowest BCUT2D eigenvalue weighted by Gasteiger charge is -2.41. The molecule has 0 aromatic heterocycles. The van der Waals surface area contributed by atoms with E-state index in [1.54, 1.807) is 0 Å². The van der Waals surface area contributed by atoms with Gasteiger partial charge >= 0.3 is 0 Å². The minimum Gasteiger partial charge on any atom is -0.497 e. The highest BCUT2D eigenvalue weighted by Gasteiger charge is 2.39. The number of sulfonamides is 1. The topological polar surface area (TPSA) is 72.6 Å². The van der Waals surface area contributed by atoms with Crippen molar-refractivity contribution in [3.8, 4) is 5.75 Å². The van der Waals surface area contributed by atoms with Crippen LogP contribution in [0.2, 0.25) is 0 Å². The molecule has 5 nitrogen and oxygen atoms in total. The van der Waals surface area contributed by atoms with Crippen LogP contribution in [-0.2, 0) is 10.0 Å². The van der Waals surface area contributed by atoms with Crippen LogP contribution in [0.3, 0.4) is 0 Å². The zero-order valence-corrected chi connectivity index (χ0v) is 14.5. The number of hydrogen-bond donors (Lipinski definition) is 1. The molecule has 0 spiro atoms. The molecule has 1 aliphatic rings. The molecule has 22 heavy (non-hydrogen) atoms. The fourth-order valence-electron chi connectivity index (χ4n) is 2.49. The molecule has 1 atom stereocenters. The molecule has 1 unspecified atom stereocenters. The van der Waals surface area contributed by atoms with Crippen molar-refractivity contribution < 1.29 is 17.5 Å². The standard InChI is InChI=1S/C14H21FN2O3S.ClH/c1-14(2)9-17(7-6-13(14)16)21(18,19)12-5-4-10(20-3)8-11(12)15;/h4-5,8,13H,6-7,9,16H2,1-3H3;1H. The van der Waals surface area contributed by atoms with E-state index in [1.165, 1.54) is 23.5 Å². The number of piperidine rings is 1. The average Bonchev–Trinajstić information content (AvgIpc) is 2.41. The fraction of sp³-hybridized carbons (Fsp3) is 0.571. The molecule has 0 amide bonds. The first-order chi connectivity index (χ1) is 9.68. The SMILES string of the molecule is COc1ccc(S(=O)(=O)N2CCC(N)C(C)(C)C2)c(F)c1.Cl. The highest BCUT2D eigenvalue weighted by atomic mass is 35.5. The van der Waals surface area contributed by atoms with Gasteiger partial charge in [0.15, 0.2) is 0 Å². The Bertz CT molecular complexity index is 637. The number of halogens is 2. The van der Waals surface area contributed by atoms with E-state index in [4.69, 9.17) is 10.5 Å². The Labute approximate surface area is 137 Å². The van der Waals surface area contributed by atoms with Crippen molar-refractivity contribution in [3.05, 3.63) is 24.0 Å². The second-order valence-electron chi connectivity index (χ2n) is 6.02. The number of nitrogens with zero attached hydrogens (tertiary/aromatic N) is 1. The highest BCUT2D eigenvalue weighted by molar-refractivity contribution is 7.89. The van der Waals surface area contributed by atoms with Crippen molar-refractivity contribution in [2.24, 2.45) is 11.1 Å². The average molecular weight is 353 g/mol. The van der Waals surface area contributed by atoms with Gasteiger partial charge in [-0.25, -0.2) is 12.8 Å². The lowest BCUT2D eigenvalue weighted by atomic mass is 9.81. The minimum atomic E-state index is -3.86. The van der Waals surface area contributed by atoms with Crippen LogP contribution < -0.4 is 10.5 Å². The summed E-state index contributed by atoms with van der Waals surface area (Å²) in [6.45, 7) is 4.42. The molecule has 1 fully saturated rings. The number of nitrogens with two attached hydrogens (primary N) is 1. The number of hydrogen-bond acceptors (Lipinski definition) is 4. The number of ether oxygens (including phenoxy) is 1. The van der Waals surface area contributed by atoms with E-state index >= 15 is 0 Å². The van der Waals surface area contributed by atoms with Crippen LogP contribution in [0.15, 0.2) is 23.1 Å². The third-order valence-corrected chi connectivity index (χ3v) is 5.91. The zero-order chi connectivity index (χ0) is 15.8. The maximum Gasteiger partial charge on any atom is 0.246 e. The van der Waals surface area contributed by atoms with Crippen LogP contribution in [0.1, 0.15) is 20.3 Å². The molecule has 1 aromatic rings. The molecule has 0 radical (unpaired) electrons. The summed E-state index contributed by atoms with van der Waals surface area (Å²) in [6, 6.07) is 3.69. The monoisotopic (exact) mass is 352 g/mol. The third kappa shape index (κ3) is 3.53. The predicted molar refractivity (Wildman–Crippen MR) is 85.3 cm³/mol. The second kappa shape index (κ2) is 6.70. The number of benzene rings is 1. The van der Waals surface area contributed by atoms with Crippen LogP contribution in [0.4, 0.5) is 4.39 Å². The fourth-order valence-corrected chi connectivity index (χ4v) is 4.16. The predicted octanol–water partition coefficient (Wildman–Crippen LogP) is 2.00. The van der Waals surface area contributed by atoms with Crippen molar-refractivity contribution in [1.82, 2.24) is 4.31 Å². The number of rotatable bonds is 3. The lowest BCUT2D eigenvalue weighted by molar-refractivity contribution is 0.155. The largest absolute Gasteiger partial charge is 0.497 e. The summed E-state index contributed by atoms with van der Waals surface area (Å²) in [5.41, 5.74) is 5.67. The molecular formula is C14H22ClFN2O3S. The van der Waals surface area contributed by atoms with Crippen molar-refractivity contribution >= 4 is 22.4 Å². The van der Waals surface area contributed by atoms with E-state index in [-0.39, 0.29) is 41.1 Å². The van der Waals surface area contributed by atoms with Gasteiger partial charge in [0.1, 0.15) is 16.5 Å². The quantitative estimate of drug-likeness (QED) is 0.903. The molecular weight excluding hydrogens is 331 g/mol. The molecule has 8 heteroatoms. The van der Waals surface area contributed by atoms with Crippen LogP contribution in [0.5, 0.6) is 5.75 Å². The Morgan fingerprint density at radius 1 is 1.41 bits per heavy atom. The van der Waals surface area contributed by atoms with Crippen molar-refractivity contribution in [2.75, 3.05) is 20.2 Å². The minimum absolute atomic E-state index is 0. The van der Waals surface area contributed by atoms with Gasteiger partial charge in [-0.1, -0.05) is 13.8 Å². The van der Waals surface area contributed by atoms with Gasteiger partial charge in [0, 0.05) is 25.2 Å². The van der Waals surface area contributed by atoms with E-state index in [1.807, 2.05) is 13.8 Å². The van der Waals surface area contributed by atoms with E-state index < -0.39 is 15.8 Å². The smallest absolute Gasteiger partial charge is 0.246 e. The normalized spacial score (nSPS) is 22.0. The van der Waals surface area contributed by atoms with Crippen molar-refractivity contribution in [1.29, 1.82) is 0 Å². The van der Waals surface area contributed by atoms with Gasteiger partial charge in [0.05, 0.1) is 7.11 Å². The van der Waals surface area contributed by atoms with Gasteiger partial charge in [-0.2, -0.15) is 4.31 Å². The lowest BCUT2D eigenvalue weighted by Crippen LogP contribution is -2.53. The Hall–Kier alpha value is -0.890. The molecule has 0 saturated carbocycles. The second-order valence-corrected chi connectivity index (χ2v) is 7.93. The molecule has 2 rings (SSSR count). The van der Waals surface area contributed by atoms with Gasteiger partial charge in [-0.3, -0.25) is 0 Å². The molecule has 0 aliphatic carbocycles. The van der Waals surface area contributed by atoms with Gasteiger partial charge in [0.25, 0.3) is 0 Å². The first-order valence-corrected chi connectivity index (χ1v) is 8.22. The Balaban J connectivity index is 0.00000242. The summed E-state index contributed by atoms with van der Waals surface area (Å²) in [6.07, 6.45) is 0.560. The molecule has 2 N–H and O–H groups in total. The van der Waals surface area contributed by atoms with Gasteiger partial charge in [-0.05, 0) is 24.0 Å². The van der Waals surface area contributed by atoms with Crippen molar-refractivity contribution in [3.63, 3.8) is 0 Å². The Morgan fingerprint density at radius 3 is 2.55 bits per heavy atom. The van der Waals surface area contributed by atoms with E-state index in [0.29, 0.717) is 13.0 Å². The van der Waals surface area contributed by atoms with Crippen LogP contribution >= 0.6 is 12.4 Å².